The van der Waals surface area contributed by atoms with Gasteiger partial charge in [0.25, 0.3) is 0 Å². The third kappa shape index (κ3) is 4.23. The van der Waals surface area contributed by atoms with E-state index in [4.69, 9.17) is 23.2 Å². The molecule has 1 heterocycles. The predicted octanol–water partition coefficient (Wildman–Crippen LogP) is 4.32. The molecule has 0 aliphatic carbocycles. The number of nitrogens with one attached hydrogen (secondary N) is 1. The molecule has 0 fully saturated rings. The van der Waals surface area contributed by atoms with Gasteiger partial charge in [0.2, 0.25) is 0 Å². The van der Waals surface area contributed by atoms with Gasteiger partial charge in [-0.15, -0.1) is 0 Å². The predicted molar refractivity (Wildman–Crippen MR) is 84.3 cm³/mol. The number of aryl methyl sites for hydroxylation is 1. The second kappa shape index (κ2) is 7.67. The maximum Gasteiger partial charge on any atom is 0.0489 e. The largest absolute Gasteiger partial charge is 0.310 e. The molecule has 1 aromatic heterocycles. The van der Waals surface area contributed by atoms with Gasteiger partial charge in [-0.2, -0.15) is 5.10 Å². The van der Waals surface area contributed by atoms with Crippen LogP contribution in [0.5, 0.6) is 0 Å². The molecule has 0 aliphatic rings. The van der Waals surface area contributed by atoms with E-state index in [0.29, 0.717) is 5.02 Å². The summed E-state index contributed by atoms with van der Waals surface area (Å²) in [6, 6.07) is 7.88. The van der Waals surface area contributed by atoms with E-state index >= 15 is 0 Å². The zero-order valence-corrected chi connectivity index (χ0v) is 13.0. The molecule has 0 spiro atoms. The van der Waals surface area contributed by atoms with Crippen molar-refractivity contribution in [3.8, 4) is 0 Å². The SMILES string of the molecule is CCC(NCCCn1cccn1)c1ccc(Cl)cc1Cl. The minimum Gasteiger partial charge on any atom is -0.310 e. The summed E-state index contributed by atoms with van der Waals surface area (Å²) in [5.74, 6) is 0. The van der Waals surface area contributed by atoms with E-state index in [9.17, 15) is 0 Å². The van der Waals surface area contributed by atoms with Gasteiger partial charge in [0, 0.05) is 35.0 Å². The van der Waals surface area contributed by atoms with E-state index in [2.05, 4.69) is 17.3 Å². The fourth-order valence-corrected chi connectivity index (χ4v) is 2.75. The normalized spacial score (nSPS) is 12.6. The van der Waals surface area contributed by atoms with Crippen molar-refractivity contribution >= 4 is 23.2 Å². The van der Waals surface area contributed by atoms with Crippen molar-refractivity contribution in [3.63, 3.8) is 0 Å². The van der Waals surface area contributed by atoms with Gasteiger partial charge >= 0.3 is 0 Å². The van der Waals surface area contributed by atoms with Gasteiger partial charge in [0.1, 0.15) is 0 Å². The van der Waals surface area contributed by atoms with Gasteiger partial charge in [-0.3, -0.25) is 4.68 Å². The number of hydrogen-bond donors (Lipinski definition) is 1. The molecule has 2 rings (SSSR count). The van der Waals surface area contributed by atoms with Crippen LogP contribution >= 0.6 is 23.2 Å². The molecule has 0 radical (unpaired) electrons. The van der Waals surface area contributed by atoms with Gasteiger partial charge in [-0.05, 0) is 43.1 Å². The Hall–Kier alpha value is -1.03. The van der Waals surface area contributed by atoms with E-state index in [1.165, 1.54) is 0 Å². The van der Waals surface area contributed by atoms with Crippen LogP contribution in [0.4, 0.5) is 0 Å². The molecule has 0 saturated carbocycles. The molecule has 1 unspecified atom stereocenters. The van der Waals surface area contributed by atoms with E-state index in [0.717, 1.165) is 36.5 Å². The topological polar surface area (TPSA) is 29.9 Å². The average molecular weight is 312 g/mol. The van der Waals surface area contributed by atoms with Gasteiger partial charge in [-0.25, -0.2) is 0 Å². The van der Waals surface area contributed by atoms with Gasteiger partial charge in [0.05, 0.1) is 0 Å². The second-order valence-corrected chi connectivity index (χ2v) is 5.55. The first kappa shape index (κ1) is 15.4. The maximum atomic E-state index is 6.26. The third-order valence-corrected chi connectivity index (χ3v) is 3.82. The molecule has 5 heteroatoms. The van der Waals surface area contributed by atoms with Crippen LogP contribution in [0.3, 0.4) is 0 Å². The zero-order chi connectivity index (χ0) is 14.4. The van der Waals surface area contributed by atoms with E-state index in [1.54, 1.807) is 12.3 Å². The number of benzene rings is 1. The number of hydrogen-bond acceptors (Lipinski definition) is 2. The van der Waals surface area contributed by atoms with Crippen molar-refractivity contribution in [2.45, 2.75) is 32.4 Å². The van der Waals surface area contributed by atoms with Crippen molar-refractivity contribution in [2.24, 2.45) is 0 Å². The molecule has 0 aliphatic heterocycles. The third-order valence-electron chi connectivity index (χ3n) is 3.26. The number of rotatable bonds is 7. The van der Waals surface area contributed by atoms with Crippen LogP contribution in [0.2, 0.25) is 10.0 Å². The molecule has 0 saturated heterocycles. The lowest BCUT2D eigenvalue weighted by Gasteiger charge is -2.19. The van der Waals surface area contributed by atoms with Gasteiger partial charge in [0.15, 0.2) is 0 Å². The molecule has 0 amide bonds. The highest BCUT2D eigenvalue weighted by atomic mass is 35.5. The van der Waals surface area contributed by atoms with Crippen LogP contribution < -0.4 is 5.32 Å². The van der Waals surface area contributed by atoms with Crippen LogP contribution in [0.1, 0.15) is 31.4 Å². The highest BCUT2D eigenvalue weighted by Crippen LogP contribution is 2.27. The molecule has 20 heavy (non-hydrogen) atoms. The Bertz CT molecular complexity index is 526. The zero-order valence-electron chi connectivity index (χ0n) is 11.5. The highest BCUT2D eigenvalue weighted by Gasteiger charge is 2.12. The fourth-order valence-electron chi connectivity index (χ4n) is 2.21. The fraction of sp³-hybridized carbons (Fsp3) is 0.400. The van der Waals surface area contributed by atoms with Crippen LogP contribution in [0.25, 0.3) is 0 Å². The van der Waals surface area contributed by atoms with Crippen molar-refractivity contribution in [3.05, 3.63) is 52.3 Å². The standard InChI is InChI=1S/C15H19Cl2N3/c1-2-15(13-6-5-12(16)11-14(13)17)18-7-3-9-20-10-4-8-19-20/h4-6,8,10-11,15,18H,2-3,7,9H2,1H3. The molecule has 3 nitrogen and oxygen atoms in total. The number of aromatic nitrogens is 2. The lowest BCUT2D eigenvalue weighted by atomic mass is 10.0. The Labute approximate surface area is 129 Å². The maximum absolute atomic E-state index is 6.26. The molecule has 108 valence electrons. The van der Waals surface area contributed by atoms with E-state index < -0.39 is 0 Å². The Balaban J connectivity index is 1.85. The first-order valence-electron chi connectivity index (χ1n) is 6.86. The van der Waals surface area contributed by atoms with Gasteiger partial charge < -0.3 is 5.32 Å². The van der Waals surface area contributed by atoms with Gasteiger partial charge in [-0.1, -0.05) is 36.2 Å². The summed E-state index contributed by atoms with van der Waals surface area (Å²) in [7, 11) is 0. The van der Waals surface area contributed by atoms with Crippen molar-refractivity contribution in [2.75, 3.05) is 6.54 Å². The van der Waals surface area contributed by atoms with Crippen LogP contribution in [-0.4, -0.2) is 16.3 Å². The van der Waals surface area contributed by atoms with Crippen LogP contribution in [0.15, 0.2) is 36.7 Å². The minimum absolute atomic E-state index is 0.261. The molecule has 2 aromatic rings. The van der Waals surface area contributed by atoms with E-state index in [1.807, 2.05) is 29.1 Å². The first-order chi connectivity index (χ1) is 9.70. The van der Waals surface area contributed by atoms with Crippen molar-refractivity contribution < 1.29 is 0 Å². The van der Waals surface area contributed by atoms with E-state index in [-0.39, 0.29) is 6.04 Å². The summed E-state index contributed by atoms with van der Waals surface area (Å²) in [4.78, 5) is 0. The summed E-state index contributed by atoms with van der Waals surface area (Å²) >= 11 is 12.2. The smallest absolute Gasteiger partial charge is 0.0489 e. The summed E-state index contributed by atoms with van der Waals surface area (Å²) in [6.45, 7) is 4.00. The number of halogens is 2. The Morgan fingerprint density at radius 1 is 1.35 bits per heavy atom. The summed E-state index contributed by atoms with van der Waals surface area (Å²) in [5.41, 5.74) is 1.11. The molecule has 0 bridgehead atoms. The number of nitrogens with zero attached hydrogens (tertiary/aromatic N) is 2. The highest BCUT2D eigenvalue weighted by molar-refractivity contribution is 6.35. The molecule has 1 atom stereocenters. The molecular formula is C15H19Cl2N3. The lowest BCUT2D eigenvalue weighted by molar-refractivity contribution is 0.479. The Morgan fingerprint density at radius 2 is 2.20 bits per heavy atom. The van der Waals surface area contributed by atoms with Crippen LogP contribution in [-0.2, 0) is 6.54 Å². The Kier molecular flexibility index (Phi) is 5.89. The lowest BCUT2D eigenvalue weighted by Crippen LogP contribution is -2.23. The monoisotopic (exact) mass is 311 g/mol. The average Bonchev–Trinajstić information content (AvgIpc) is 2.93. The second-order valence-electron chi connectivity index (χ2n) is 4.70. The molecular weight excluding hydrogens is 293 g/mol. The molecule has 1 N–H and O–H groups in total. The van der Waals surface area contributed by atoms with Crippen LogP contribution in [0, 0.1) is 0 Å². The first-order valence-corrected chi connectivity index (χ1v) is 7.62. The summed E-state index contributed by atoms with van der Waals surface area (Å²) in [6.07, 6.45) is 5.80. The van der Waals surface area contributed by atoms with Crippen molar-refractivity contribution in [1.29, 1.82) is 0 Å². The quantitative estimate of drug-likeness (QED) is 0.772. The Morgan fingerprint density at radius 3 is 2.85 bits per heavy atom. The van der Waals surface area contributed by atoms with Crippen molar-refractivity contribution in [1.82, 2.24) is 15.1 Å². The summed E-state index contributed by atoms with van der Waals surface area (Å²) in [5, 5.41) is 9.13. The minimum atomic E-state index is 0.261. The summed E-state index contributed by atoms with van der Waals surface area (Å²) < 4.78 is 1.94. The molecule has 1 aromatic carbocycles.